The molecule has 0 aromatic carbocycles. The van der Waals surface area contributed by atoms with Gasteiger partial charge in [0.25, 0.3) is 0 Å². The van der Waals surface area contributed by atoms with Gasteiger partial charge in [-0.15, -0.1) is 0 Å². The largest absolute Gasteiger partial charge is 0.369 e. The molecule has 88 valence electrons. The van der Waals surface area contributed by atoms with Gasteiger partial charge in [-0.1, -0.05) is 0 Å². The van der Waals surface area contributed by atoms with Crippen molar-refractivity contribution in [1.82, 2.24) is 9.62 Å². The maximum Gasteiger partial charge on any atom is 0.232 e. The molecule has 1 fully saturated rings. The van der Waals surface area contributed by atoms with Crippen LogP contribution in [0, 0.1) is 0 Å². The summed E-state index contributed by atoms with van der Waals surface area (Å²) < 4.78 is 24.6. The van der Waals surface area contributed by atoms with Gasteiger partial charge >= 0.3 is 0 Å². The average Bonchev–Trinajstić information content (AvgIpc) is 2.66. The first-order chi connectivity index (χ1) is 6.97. The lowest BCUT2D eigenvalue weighted by molar-refractivity contribution is -0.118. The molecule has 0 aliphatic carbocycles. The molecule has 1 saturated heterocycles. The van der Waals surface area contributed by atoms with E-state index in [0.29, 0.717) is 6.54 Å². The normalized spacial score (nSPS) is 22.1. The van der Waals surface area contributed by atoms with Crippen molar-refractivity contribution >= 4 is 15.9 Å². The maximum absolute atomic E-state index is 11.7. The molecule has 1 atom stereocenters. The highest BCUT2D eigenvalue weighted by Gasteiger charge is 2.31. The standard InChI is InChI=1S/C8H17N3O3S/c1-2-15(13,14)11(6-8(9)12)7-3-4-10-5-7/h7,10H,2-6H2,1H3,(H2,9,12). The summed E-state index contributed by atoms with van der Waals surface area (Å²) in [6.07, 6.45) is 0.729. The second-order valence-electron chi connectivity index (χ2n) is 3.56. The van der Waals surface area contributed by atoms with Crippen molar-refractivity contribution in [2.24, 2.45) is 5.73 Å². The van der Waals surface area contributed by atoms with Crippen molar-refractivity contribution in [3.05, 3.63) is 0 Å². The van der Waals surface area contributed by atoms with Gasteiger partial charge in [0.15, 0.2) is 0 Å². The minimum Gasteiger partial charge on any atom is -0.369 e. The molecule has 3 N–H and O–H groups in total. The van der Waals surface area contributed by atoms with Gasteiger partial charge in [0.05, 0.1) is 12.3 Å². The monoisotopic (exact) mass is 235 g/mol. The third kappa shape index (κ3) is 3.15. The van der Waals surface area contributed by atoms with Gasteiger partial charge in [-0.05, 0) is 19.9 Å². The van der Waals surface area contributed by atoms with Crippen LogP contribution in [0.1, 0.15) is 13.3 Å². The summed E-state index contributed by atoms with van der Waals surface area (Å²) in [4.78, 5) is 10.8. The number of nitrogens with zero attached hydrogens (tertiary/aromatic N) is 1. The Morgan fingerprint density at radius 2 is 2.27 bits per heavy atom. The molecule has 0 spiro atoms. The first-order valence-corrected chi connectivity index (χ1v) is 6.57. The van der Waals surface area contributed by atoms with E-state index < -0.39 is 15.9 Å². The third-order valence-corrected chi connectivity index (χ3v) is 4.35. The first-order valence-electron chi connectivity index (χ1n) is 4.96. The number of sulfonamides is 1. The molecule has 1 aliphatic rings. The Balaban J connectivity index is 2.81. The summed E-state index contributed by atoms with van der Waals surface area (Å²) in [5.41, 5.74) is 5.05. The Bertz CT molecular complexity index is 322. The number of carbonyl (C=O) groups is 1. The lowest BCUT2D eigenvalue weighted by Crippen LogP contribution is -2.46. The van der Waals surface area contributed by atoms with Crippen molar-refractivity contribution in [3.8, 4) is 0 Å². The Hall–Kier alpha value is -0.660. The number of nitrogens with two attached hydrogens (primary N) is 1. The molecule has 1 amide bonds. The zero-order valence-corrected chi connectivity index (χ0v) is 9.59. The molecule has 7 heteroatoms. The topological polar surface area (TPSA) is 92.5 Å². The molecule has 1 rings (SSSR count). The zero-order valence-electron chi connectivity index (χ0n) is 8.77. The molecule has 0 radical (unpaired) electrons. The number of rotatable bonds is 5. The minimum atomic E-state index is -3.35. The van der Waals surface area contributed by atoms with Gasteiger partial charge in [0, 0.05) is 12.6 Å². The second kappa shape index (κ2) is 4.91. The Morgan fingerprint density at radius 1 is 1.60 bits per heavy atom. The molecule has 1 unspecified atom stereocenters. The lowest BCUT2D eigenvalue weighted by Gasteiger charge is -2.25. The van der Waals surface area contributed by atoms with E-state index in [4.69, 9.17) is 5.73 Å². The van der Waals surface area contributed by atoms with E-state index in [0.717, 1.165) is 13.0 Å². The van der Waals surface area contributed by atoms with Crippen LogP contribution in [0.5, 0.6) is 0 Å². The van der Waals surface area contributed by atoms with E-state index in [9.17, 15) is 13.2 Å². The van der Waals surface area contributed by atoms with Crippen LogP contribution in [-0.2, 0) is 14.8 Å². The van der Waals surface area contributed by atoms with E-state index in [-0.39, 0.29) is 18.3 Å². The van der Waals surface area contributed by atoms with E-state index in [2.05, 4.69) is 5.32 Å². The Morgan fingerprint density at radius 3 is 2.67 bits per heavy atom. The average molecular weight is 235 g/mol. The van der Waals surface area contributed by atoms with E-state index in [1.54, 1.807) is 6.92 Å². The first kappa shape index (κ1) is 12.4. The van der Waals surface area contributed by atoms with Gasteiger partial charge in [-0.25, -0.2) is 8.42 Å². The molecule has 1 heterocycles. The molecular weight excluding hydrogens is 218 g/mol. The second-order valence-corrected chi connectivity index (χ2v) is 5.77. The molecule has 0 aromatic rings. The summed E-state index contributed by atoms with van der Waals surface area (Å²) in [7, 11) is -3.35. The summed E-state index contributed by atoms with van der Waals surface area (Å²) >= 11 is 0. The SMILES string of the molecule is CCS(=O)(=O)N(CC(N)=O)C1CCNC1. The number of hydrogen-bond acceptors (Lipinski definition) is 4. The van der Waals surface area contributed by atoms with E-state index in [1.165, 1.54) is 4.31 Å². The molecule has 0 aromatic heterocycles. The number of nitrogens with one attached hydrogen (secondary N) is 1. The van der Waals surface area contributed by atoms with E-state index >= 15 is 0 Å². The highest BCUT2D eigenvalue weighted by Crippen LogP contribution is 2.13. The van der Waals surface area contributed by atoms with Crippen LogP contribution in [0.2, 0.25) is 0 Å². The van der Waals surface area contributed by atoms with Gasteiger partial charge in [0.2, 0.25) is 15.9 Å². The fourth-order valence-corrected chi connectivity index (χ4v) is 2.95. The van der Waals surface area contributed by atoms with Crippen LogP contribution in [0.25, 0.3) is 0 Å². The summed E-state index contributed by atoms with van der Waals surface area (Å²) in [6, 6.07) is -0.137. The smallest absolute Gasteiger partial charge is 0.232 e. The van der Waals surface area contributed by atoms with Gasteiger partial charge in [-0.2, -0.15) is 4.31 Å². The predicted molar refractivity (Wildman–Crippen MR) is 56.6 cm³/mol. The fourth-order valence-electron chi connectivity index (χ4n) is 1.66. The predicted octanol–water partition coefficient (Wildman–Crippen LogP) is -1.51. The van der Waals surface area contributed by atoms with E-state index in [1.807, 2.05) is 0 Å². The number of hydrogen-bond donors (Lipinski definition) is 2. The van der Waals surface area contributed by atoms with Crippen LogP contribution >= 0.6 is 0 Å². The quantitative estimate of drug-likeness (QED) is 0.605. The Kier molecular flexibility index (Phi) is 4.06. The molecule has 6 nitrogen and oxygen atoms in total. The third-order valence-electron chi connectivity index (χ3n) is 2.48. The summed E-state index contributed by atoms with van der Waals surface area (Å²) in [5.74, 6) is -0.615. The summed E-state index contributed by atoms with van der Waals surface area (Å²) in [5, 5.41) is 3.06. The number of carbonyl (C=O) groups excluding carboxylic acids is 1. The van der Waals surface area contributed by atoms with Gasteiger partial charge < -0.3 is 11.1 Å². The number of primary amides is 1. The summed E-state index contributed by atoms with van der Waals surface area (Å²) in [6.45, 7) is 2.71. The van der Waals surface area contributed by atoms with Gasteiger partial charge in [0.1, 0.15) is 0 Å². The van der Waals surface area contributed by atoms with Crippen LogP contribution in [0.4, 0.5) is 0 Å². The maximum atomic E-state index is 11.7. The molecular formula is C8H17N3O3S. The van der Waals surface area contributed by atoms with Crippen LogP contribution in [-0.4, -0.2) is 50.1 Å². The van der Waals surface area contributed by atoms with Crippen molar-refractivity contribution in [1.29, 1.82) is 0 Å². The van der Waals surface area contributed by atoms with Gasteiger partial charge in [-0.3, -0.25) is 4.79 Å². The van der Waals surface area contributed by atoms with Crippen LogP contribution in [0.3, 0.4) is 0 Å². The molecule has 0 saturated carbocycles. The minimum absolute atomic E-state index is 0.00319. The fraction of sp³-hybridized carbons (Fsp3) is 0.875. The number of amides is 1. The van der Waals surface area contributed by atoms with Crippen LogP contribution in [0.15, 0.2) is 0 Å². The highest BCUT2D eigenvalue weighted by molar-refractivity contribution is 7.89. The molecule has 1 aliphatic heterocycles. The van der Waals surface area contributed by atoms with Crippen molar-refractivity contribution in [2.75, 3.05) is 25.4 Å². The zero-order chi connectivity index (χ0) is 11.5. The lowest BCUT2D eigenvalue weighted by atomic mass is 10.2. The van der Waals surface area contributed by atoms with Crippen molar-refractivity contribution in [2.45, 2.75) is 19.4 Å². The molecule has 15 heavy (non-hydrogen) atoms. The Labute approximate surface area is 89.9 Å². The highest BCUT2D eigenvalue weighted by atomic mass is 32.2. The van der Waals surface area contributed by atoms with Crippen molar-refractivity contribution in [3.63, 3.8) is 0 Å². The molecule has 0 bridgehead atoms. The van der Waals surface area contributed by atoms with Crippen molar-refractivity contribution < 1.29 is 13.2 Å². The van der Waals surface area contributed by atoms with Crippen LogP contribution < -0.4 is 11.1 Å².